The first-order chi connectivity index (χ1) is 8.13. The summed E-state index contributed by atoms with van der Waals surface area (Å²) >= 11 is 0. The van der Waals surface area contributed by atoms with E-state index in [4.69, 9.17) is 4.74 Å². The van der Waals surface area contributed by atoms with Crippen LogP contribution < -0.4 is 14.7 Å². The van der Waals surface area contributed by atoms with Crippen LogP contribution in [0.2, 0.25) is 0 Å². The van der Waals surface area contributed by atoms with Crippen molar-refractivity contribution in [3.8, 4) is 5.75 Å². The molecule has 17 heavy (non-hydrogen) atoms. The number of benzene rings is 1. The van der Waals surface area contributed by atoms with Gasteiger partial charge in [0.15, 0.2) is 0 Å². The molecule has 1 atom stereocenters. The molecule has 1 saturated heterocycles. The molecule has 0 radical (unpaired) electrons. The lowest BCUT2D eigenvalue weighted by Crippen LogP contribution is -2.33. The summed E-state index contributed by atoms with van der Waals surface area (Å²) in [4.78, 5) is 23.9. The Hall–Kier alpha value is -2.04. The number of para-hydroxylation sites is 2. The third-order valence-corrected chi connectivity index (χ3v) is 2.83. The number of carboxylic acid groups (broad SMARTS) is 1. The number of anilines is 1. The molecule has 1 aromatic carbocycles. The molecule has 1 heterocycles. The van der Waals surface area contributed by atoms with Crippen molar-refractivity contribution in [1.29, 1.82) is 0 Å². The summed E-state index contributed by atoms with van der Waals surface area (Å²) < 4.78 is 5.14. The molecule has 2 rings (SSSR count). The number of rotatable bonds is 3. The van der Waals surface area contributed by atoms with Crippen LogP contribution in [0.5, 0.6) is 5.75 Å². The molecule has 0 N–H and O–H groups in total. The average molecular weight is 234 g/mol. The predicted octanol–water partition coefficient (Wildman–Crippen LogP) is -0.202. The highest BCUT2D eigenvalue weighted by Gasteiger charge is 2.32. The van der Waals surface area contributed by atoms with Gasteiger partial charge in [0, 0.05) is 24.9 Å². The smallest absolute Gasteiger partial charge is 0.227 e. The number of hydrogen-bond acceptors (Lipinski definition) is 4. The van der Waals surface area contributed by atoms with Crippen LogP contribution in [0.25, 0.3) is 0 Å². The van der Waals surface area contributed by atoms with Gasteiger partial charge in [-0.05, 0) is 12.1 Å². The fourth-order valence-electron chi connectivity index (χ4n) is 1.95. The minimum absolute atomic E-state index is 0.0135. The van der Waals surface area contributed by atoms with Gasteiger partial charge in [-0.15, -0.1) is 0 Å². The first kappa shape index (κ1) is 11.4. The Morgan fingerprint density at radius 2 is 2.18 bits per heavy atom. The van der Waals surface area contributed by atoms with E-state index in [0.29, 0.717) is 11.4 Å². The number of amides is 1. The molecule has 0 bridgehead atoms. The van der Waals surface area contributed by atoms with Crippen molar-refractivity contribution in [2.24, 2.45) is 5.92 Å². The highest BCUT2D eigenvalue weighted by Crippen LogP contribution is 2.32. The van der Waals surface area contributed by atoms with Gasteiger partial charge in [-0.1, -0.05) is 12.1 Å². The van der Waals surface area contributed by atoms with E-state index in [-0.39, 0.29) is 18.9 Å². The summed E-state index contributed by atoms with van der Waals surface area (Å²) in [6.45, 7) is 0.140. The molecule has 1 aliphatic rings. The number of methoxy groups -OCH3 is 1. The molecule has 0 aliphatic carbocycles. The number of nitrogens with zero attached hydrogens (tertiary/aromatic N) is 1. The van der Waals surface area contributed by atoms with Gasteiger partial charge in [-0.25, -0.2) is 0 Å². The van der Waals surface area contributed by atoms with Gasteiger partial charge in [0.25, 0.3) is 0 Å². The van der Waals surface area contributed by atoms with Crippen molar-refractivity contribution in [3.05, 3.63) is 24.3 Å². The van der Waals surface area contributed by atoms with E-state index >= 15 is 0 Å². The quantitative estimate of drug-likeness (QED) is 0.726. The molecular weight excluding hydrogens is 222 g/mol. The van der Waals surface area contributed by atoms with Gasteiger partial charge < -0.3 is 19.5 Å². The molecule has 90 valence electrons. The Bertz CT molecular complexity index is 458. The maximum Gasteiger partial charge on any atom is 0.227 e. The standard InChI is InChI=1S/C12H13NO4/c1-17-10-5-3-2-4-9(10)13-7-8(12(15)16)6-11(13)14/h2-5,8H,6-7H2,1H3,(H,15,16)/p-1. The van der Waals surface area contributed by atoms with E-state index in [1.54, 1.807) is 24.3 Å². The molecule has 1 aromatic rings. The van der Waals surface area contributed by atoms with Crippen molar-refractivity contribution >= 4 is 17.6 Å². The third kappa shape index (κ3) is 2.08. The summed E-state index contributed by atoms with van der Waals surface area (Å²) in [5.74, 6) is -1.59. The van der Waals surface area contributed by atoms with Crippen LogP contribution in [0.1, 0.15) is 6.42 Å². The lowest BCUT2D eigenvalue weighted by molar-refractivity contribution is -0.310. The molecule has 0 spiro atoms. The van der Waals surface area contributed by atoms with Gasteiger partial charge in [0.05, 0.1) is 12.8 Å². The normalized spacial score (nSPS) is 19.5. The van der Waals surface area contributed by atoms with Crippen LogP contribution in [0, 0.1) is 5.92 Å². The molecule has 1 unspecified atom stereocenters. The Balaban J connectivity index is 2.29. The summed E-state index contributed by atoms with van der Waals surface area (Å²) in [6, 6.07) is 7.03. The Labute approximate surface area is 98.6 Å². The lowest BCUT2D eigenvalue weighted by atomic mass is 10.1. The monoisotopic (exact) mass is 234 g/mol. The second-order valence-electron chi connectivity index (χ2n) is 3.90. The van der Waals surface area contributed by atoms with Crippen LogP contribution in [-0.4, -0.2) is 25.5 Å². The molecule has 5 nitrogen and oxygen atoms in total. The molecule has 0 saturated carbocycles. The van der Waals surface area contributed by atoms with Crippen molar-refractivity contribution < 1.29 is 19.4 Å². The SMILES string of the molecule is COc1ccccc1N1CC(C(=O)[O-])CC1=O. The Kier molecular flexibility index (Phi) is 2.99. The van der Waals surface area contributed by atoms with Gasteiger partial charge in [0.2, 0.25) is 5.91 Å². The van der Waals surface area contributed by atoms with Crippen LogP contribution in [-0.2, 0) is 9.59 Å². The zero-order valence-corrected chi connectivity index (χ0v) is 9.38. The lowest BCUT2D eigenvalue weighted by Gasteiger charge is -2.19. The van der Waals surface area contributed by atoms with E-state index in [1.165, 1.54) is 12.0 Å². The van der Waals surface area contributed by atoms with E-state index < -0.39 is 11.9 Å². The summed E-state index contributed by atoms with van der Waals surface area (Å²) in [7, 11) is 1.51. The fourth-order valence-corrected chi connectivity index (χ4v) is 1.95. The zero-order chi connectivity index (χ0) is 12.4. The predicted molar refractivity (Wildman–Crippen MR) is 58.5 cm³/mol. The molecule has 1 fully saturated rings. The van der Waals surface area contributed by atoms with Gasteiger partial charge in [0.1, 0.15) is 5.75 Å². The highest BCUT2D eigenvalue weighted by atomic mass is 16.5. The second-order valence-corrected chi connectivity index (χ2v) is 3.90. The molecule has 1 aliphatic heterocycles. The highest BCUT2D eigenvalue weighted by molar-refractivity contribution is 6.00. The molecular formula is C12H12NO4-. The summed E-state index contributed by atoms with van der Waals surface area (Å²) in [6.07, 6.45) is -0.0135. The topological polar surface area (TPSA) is 69.7 Å². The van der Waals surface area contributed by atoms with Gasteiger partial charge in [-0.2, -0.15) is 0 Å². The summed E-state index contributed by atoms with van der Waals surface area (Å²) in [5.41, 5.74) is 0.601. The van der Waals surface area contributed by atoms with Gasteiger partial charge in [-0.3, -0.25) is 4.79 Å². The Morgan fingerprint density at radius 3 is 2.76 bits per heavy atom. The number of carbonyl (C=O) groups is 2. The molecule has 0 aromatic heterocycles. The zero-order valence-electron chi connectivity index (χ0n) is 9.38. The van der Waals surface area contributed by atoms with Crippen LogP contribution in [0.3, 0.4) is 0 Å². The van der Waals surface area contributed by atoms with Crippen LogP contribution >= 0.6 is 0 Å². The average Bonchev–Trinajstić information content (AvgIpc) is 2.71. The largest absolute Gasteiger partial charge is 0.550 e. The number of hydrogen-bond donors (Lipinski definition) is 0. The molecule has 1 amide bonds. The summed E-state index contributed by atoms with van der Waals surface area (Å²) in [5, 5.41) is 10.8. The van der Waals surface area contributed by atoms with E-state index in [0.717, 1.165) is 0 Å². The Morgan fingerprint density at radius 1 is 1.47 bits per heavy atom. The molecule has 5 heteroatoms. The van der Waals surface area contributed by atoms with Crippen LogP contribution in [0.15, 0.2) is 24.3 Å². The van der Waals surface area contributed by atoms with Crippen molar-refractivity contribution in [3.63, 3.8) is 0 Å². The fraction of sp³-hybridized carbons (Fsp3) is 0.333. The van der Waals surface area contributed by atoms with Crippen molar-refractivity contribution in [2.75, 3.05) is 18.6 Å². The number of carboxylic acids is 1. The first-order valence-electron chi connectivity index (χ1n) is 5.27. The maximum absolute atomic E-state index is 11.7. The second kappa shape index (κ2) is 4.45. The maximum atomic E-state index is 11.7. The number of carbonyl (C=O) groups excluding carboxylic acids is 2. The van der Waals surface area contributed by atoms with Gasteiger partial charge >= 0.3 is 0 Å². The van der Waals surface area contributed by atoms with E-state index in [2.05, 4.69) is 0 Å². The minimum Gasteiger partial charge on any atom is -0.550 e. The third-order valence-electron chi connectivity index (χ3n) is 2.83. The first-order valence-corrected chi connectivity index (χ1v) is 5.27. The van der Waals surface area contributed by atoms with E-state index in [1.807, 2.05) is 0 Å². The number of ether oxygens (including phenoxy) is 1. The minimum atomic E-state index is -1.18. The van der Waals surface area contributed by atoms with Crippen molar-refractivity contribution in [2.45, 2.75) is 6.42 Å². The number of aliphatic carboxylic acids is 1. The van der Waals surface area contributed by atoms with Crippen molar-refractivity contribution in [1.82, 2.24) is 0 Å². The van der Waals surface area contributed by atoms with E-state index in [9.17, 15) is 14.7 Å². The van der Waals surface area contributed by atoms with Crippen LogP contribution in [0.4, 0.5) is 5.69 Å².